The van der Waals surface area contributed by atoms with Crippen molar-refractivity contribution in [2.75, 3.05) is 0 Å². The lowest BCUT2D eigenvalue weighted by molar-refractivity contribution is 0.626. The van der Waals surface area contributed by atoms with Crippen LogP contribution in [0.25, 0.3) is 0 Å². The summed E-state index contributed by atoms with van der Waals surface area (Å²) in [6.45, 7) is 0. The van der Waals surface area contributed by atoms with Crippen LogP contribution >= 0.6 is 12.6 Å². The lowest BCUT2D eigenvalue weighted by Crippen LogP contribution is -1.79. The van der Waals surface area contributed by atoms with Gasteiger partial charge in [-0.1, -0.05) is 0 Å². The summed E-state index contributed by atoms with van der Waals surface area (Å²) in [6, 6.07) is 5.70. The summed E-state index contributed by atoms with van der Waals surface area (Å²) in [7, 11) is 0. The minimum Gasteiger partial charge on any atom is -0.207 e. The van der Waals surface area contributed by atoms with Gasteiger partial charge < -0.3 is 0 Å². The van der Waals surface area contributed by atoms with E-state index >= 15 is 0 Å². The SMILES string of the molecule is N#Cc1cc(F)ccc1S. The van der Waals surface area contributed by atoms with Gasteiger partial charge in [0.05, 0.1) is 5.56 Å². The first-order valence-corrected chi connectivity index (χ1v) is 3.07. The molecule has 1 nitrogen and oxygen atoms in total. The Kier molecular flexibility index (Phi) is 1.93. The fourth-order valence-corrected chi connectivity index (χ4v) is 0.787. The third-order valence-electron chi connectivity index (χ3n) is 1.08. The summed E-state index contributed by atoms with van der Waals surface area (Å²) < 4.78 is 12.3. The summed E-state index contributed by atoms with van der Waals surface area (Å²) in [6.07, 6.45) is 0. The number of nitrogens with zero attached hydrogens (tertiary/aromatic N) is 1. The van der Waals surface area contributed by atoms with Crippen molar-refractivity contribution in [3.63, 3.8) is 0 Å². The highest BCUT2D eigenvalue weighted by Gasteiger charge is 1.97. The van der Waals surface area contributed by atoms with Crippen LogP contribution in [0.1, 0.15) is 5.56 Å². The average molecular weight is 153 g/mol. The maximum absolute atomic E-state index is 12.3. The number of hydrogen-bond acceptors (Lipinski definition) is 2. The maximum Gasteiger partial charge on any atom is 0.124 e. The summed E-state index contributed by atoms with van der Waals surface area (Å²) in [5, 5.41) is 8.38. The van der Waals surface area contributed by atoms with Crippen LogP contribution in [0, 0.1) is 17.1 Å². The van der Waals surface area contributed by atoms with E-state index in [9.17, 15) is 4.39 Å². The second kappa shape index (κ2) is 2.72. The molecule has 0 heterocycles. The Labute approximate surface area is 63.5 Å². The summed E-state index contributed by atoms with van der Waals surface area (Å²) in [5.74, 6) is -0.408. The molecule has 0 bridgehead atoms. The van der Waals surface area contributed by atoms with Gasteiger partial charge >= 0.3 is 0 Å². The van der Waals surface area contributed by atoms with Crippen LogP contribution < -0.4 is 0 Å². The van der Waals surface area contributed by atoms with Crippen molar-refractivity contribution in [2.24, 2.45) is 0 Å². The fraction of sp³-hybridized carbons (Fsp3) is 0. The van der Waals surface area contributed by atoms with E-state index in [0.29, 0.717) is 4.90 Å². The first-order valence-electron chi connectivity index (χ1n) is 2.62. The van der Waals surface area contributed by atoms with Crippen molar-refractivity contribution in [1.82, 2.24) is 0 Å². The molecule has 10 heavy (non-hydrogen) atoms. The molecule has 0 unspecified atom stereocenters. The Bertz CT molecular complexity index is 290. The van der Waals surface area contributed by atoms with Gasteiger partial charge in [0.25, 0.3) is 0 Å². The molecule has 0 aliphatic carbocycles. The number of thiol groups is 1. The number of rotatable bonds is 0. The molecule has 0 atom stereocenters. The zero-order valence-corrected chi connectivity index (χ0v) is 5.90. The summed E-state index contributed by atoms with van der Waals surface area (Å²) >= 11 is 3.94. The Morgan fingerprint density at radius 3 is 2.70 bits per heavy atom. The van der Waals surface area contributed by atoms with Crippen molar-refractivity contribution in [3.05, 3.63) is 29.6 Å². The first-order chi connectivity index (χ1) is 4.74. The van der Waals surface area contributed by atoms with Gasteiger partial charge in [-0.15, -0.1) is 12.6 Å². The van der Waals surface area contributed by atoms with Crippen molar-refractivity contribution >= 4 is 12.6 Å². The van der Waals surface area contributed by atoms with Gasteiger partial charge in [-0.05, 0) is 18.2 Å². The van der Waals surface area contributed by atoms with Crippen molar-refractivity contribution in [3.8, 4) is 6.07 Å². The van der Waals surface area contributed by atoms with Gasteiger partial charge in [0.1, 0.15) is 11.9 Å². The van der Waals surface area contributed by atoms with Crippen molar-refractivity contribution in [1.29, 1.82) is 5.26 Å². The van der Waals surface area contributed by atoms with Gasteiger partial charge in [0.15, 0.2) is 0 Å². The largest absolute Gasteiger partial charge is 0.207 e. The van der Waals surface area contributed by atoms with Gasteiger partial charge in [-0.25, -0.2) is 4.39 Å². The molecule has 0 aromatic heterocycles. The Morgan fingerprint density at radius 2 is 2.20 bits per heavy atom. The van der Waals surface area contributed by atoms with Crippen LogP contribution in [-0.2, 0) is 0 Å². The predicted octanol–water partition coefficient (Wildman–Crippen LogP) is 1.99. The maximum atomic E-state index is 12.3. The zero-order valence-electron chi connectivity index (χ0n) is 5.00. The Hall–Kier alpha value is -1.01. The molecule has 1 rings (SSSR count). The molecule has 3 heteroatoms. The molecule has 1 aromatic carbocycles. The summed E-state index contributed by atoms with van der Waals surface area (Å²) in [5.41, 5.74) is 0.267. The lowest BCUT2D eigenvalue weighted by atomic mass is 10.2. The minimum atomic E-state index is -0.408. The molecule has 0 aliphatic rings. The average Bonchev–Trinajstić information content (AvgIpc) is 1.94. The van der Waals surface area contributed by atoms with Gasteiger partial charge in [-0.3, -0.25) is 0 Å². The van der Waals surface area contributed by atoms with Crippen molar-refractivity contribution < 1.29 is 4.39 Å². The third-order valence-corrected chi connectivity index (χ3v) is 1.47. The number of nitriles is 1. The van der Waals surface area contributed by atoms with Crippen LogP contribution in [0.2, 0.25) is 0 Å². The van der Waals surface area contributed by atoms with E-state index in [4.69, 9.17) is 5.26 Å². The molecule has 0 saturated carbocycles. The highest BCUT2D eigenvalue weighted by molar-refractivity contribution is 7.80. The van der Waals surface area contributed by atoms with E-state index in [1.807, 2.05) is 6.07 Å². The molecule has 0 saturated heterocycles. The van der Waals surface area contributed by atoms with E-state index in [2.05, 4.69) is 12.6 Å². The number of hydrogen-bond donors (Lipinski definition) is 1. The lowest BCUT2D eigenvalue weighted by Gasteiger charge is -1.92. The molecule has 0 N–H and O–H groups in total. The monoisotopic (exact) mass is 153 g/mol. The molecule has 0 radical (unpaired) electrons. The normalized spacial score (nSPS) is 8.90. The standard InChI is InChI=1S/C7H4FNS/c8-6-1-2-7(10)5(3-6)4-9/h1-3,10H. The second-order valence-electron chi connectivity index (χ2n) is 1.77. The molecule has 0 amide bonds. The molecule has 0 fully saturated rings. The van der Waals surface area contributed by atoms with Gasteiger partial charge in [0, 0.05) is 4.90 Å². The molecule has 0 aliphatic heterocycles. The molecular weight excluding hydrogens is 149 g/mol. The molecule has 0 spiro atoms. The van der Waals surface area contributed by atoms with E-state index in [1.165, 1.54) is 12.1 Å². The number of benzene rings is 1. The van der Waals surface area contributed by atoms with Gasteiger partial charge in [-0.2, -0.15) is 5.26 Å². The highest BCUT2D eigenvalue weighted by Crippen LogP contribution is 2.13. The quantitative estimate of drug-likeness (QED) is 0.566. The van der Waals surface area contributed by atoms with E-state index < -0.39 is 5.82 Å². The second-order valence-corrected chi connectivity index (χ2v) is 2.26. The van der Waals surface area contributed by atoms with Crippen LogP contribution in [-0.4, -0.2) is 0 Å². The predicted molar refractivity (Wildman–Crippen MR) is 38.4 cm³/mol. The molecule has 50 valence electrons. The fourth-order valence-electron chi connectivity index (χ4n) is 0.598. The molecule has 1 aromatic rings. The Balaban J connectivity index is 3.25. The van der Waals surface area contributed by atoms with Crippen LogP contribution in [0.5, 0.6) is 0 Å². The third kappa shape index (κ3) is 1.28. The van der Waals surface area contributed by atoms with Crippen LogP contribution in [0.15, 0.2) is 23.1 Å². The first kappa shape index (κ1) is 7.10. The smallest absolute Gasteiger partial charge is 0.124 e. The van der Waals surface area contributed by atoms with E-state index in [1.54, 1.807) is 0 Å². The topological polar surface area (TPSA) is 23.8 Å². The van der Waals surface area contributed by atoms with E-state index in [-0.39, 0.29) is 5.56 Å². The van der Waals surface area contributed by atoms with Gasteiger partial charge in [0.2, 0.25) is 0 Å². The van der Waals surface area contributed by atoms with Crippen LogP contribution in [0.4, 0.5) is 4.39 Å². The number of halogens is 1. The van der Waals surface area contributed by atoms with E-state index in [0.717, 1.165) is 6.07 Å². The molecular formula is C7H4FNS. The zero-order chi connectivity index (χ0) is 7.56. The highest BCUT2D eigenvalue weighted by atomic mass is 32.1. The minimum absolute atomic E-state index is 0.267. The summed E-state index contributed by atoms with van der Waals surface area (Å²) in [4.78, 5) is 0.504. The Morgan fingerprint density at radius 1 is 1.50 bits per heavy atom. The van der Waals surface area contributed by atoms with Crippen LogP contribution in [0.3, 0.4) is 0 Å². The van der Waals surface area contributed by atoms with Crippen molar-refractivity contribution in [2.45, 2.75) is 4.90 Å².